The number of piperidine rings is 1. The molecule has 0 aliphatic carbocycles. The molecule has 4 nitrogen and oxygen atoms in total. The molecule has 2 aliphatic rings. The van der Waals surface area contributed by atoms with Gasteiger partial charge in [0.25, 0.3) is 0 Å². The number of benzene rings is 2. The topological polar surface area (TPSA) is 40.2 Å². The van der Waals surface area contributed by atoms with Crippen molar-refractivity contribution in [2.45, 2.75) is 25.0 Å². The van der Waals surface area contributed by atoms with Crippen LogP contribution in [0.15, 0.2) is 67.0 Å². The smallest absolute Gasteiger partial charge is 0.0524 e. The van der Waals surface area contributed by atoms with E-state index in [9.17, 15) is 0 Å². The first-order valence-electron chi connectivity index (χ1n) is 9.48. The Labute approximate surface area is 154 Å². The maximum Gasteiger partial charge on any atom is 0.0524 e. The van der Waals surface area contributed by atoms with E-state index in [0.29, 0.717) is 18.0 Å². The number of hydrogen-bond donors (Lipinski definition) is 2. The third-order valence-electron chi connectivity index (χ3n) is 5.88. The predicted molar refractivity (Wildman–Crippen MR) is 104 cm³/mol. The first-order chi connectivity index (χ1) is 12.9. The van der Waals surface area contributed by atoms with Crippen molar-refractivity contribution in [1.82, 2.24) is 20.7 Å². The average molecular weight is 344 g/mol. The van der Waals surface area contributed by atoms with Gasteiger partial charge in [-0.2, -0.15) is 0 Å². The summed E-state index contributed by atoms with van der Waals surface area (Å²) in [5.41, 5.74) is 9.88. The maximum absolute atomic E-state index is 4.26. The minimum absolute atomic E-state index is 0.350. The van der Waals surface area contributed by atoms with Gasteiger partial charge in [0.05, 0.1) is 6.04 Å². The fourth-order valence-corrected chi connectivity index (χ4v) is 4.60. The van der Waals surface area contributed by atoms with Gasteiger partial charge in [-0.15, -0.1) is 0 Å². The van der Waals surface area contributed by atoms with Crippen molar-refractivity contribution in [2.75, 3.05) is 13.1 Å². The van der Waals surface area contributed by atoms with Crippen molar-refractivity contribution < 1.29 is 0 Å². The monoisotopic (exact) mass is 344 g/mol. The lowest BCUT2D eigenvalue weighted by atomic mass is 9.83. The van der Waals surface area contributed by atoms with E-state index in [0.717, 1.165) is 19.6 Å². The van der Waals surface area contributed by atoms with Gasteiger partial charge < -0.3 is 0 Å². The molecule has 0 bridgehead atoms. The predicted octanol–water partition coefficient (Wildman–Crippen LogP) is 3.27. The second-order valence-corrected chi connectivity index (χ2v) is 7.49. The Morgan fingerprint density at radius 2 is 1.92 bits per heavy atom. The van der Waals surface area contributed by atoms with Crippen LogP contribution in [0.3, 0.4) is 0 Å². The van der Waals surface area contributed by atoms with Gasteiger partial charge in [-0.05, 0) is 34.4 Å². The largest absolute Gasteiger partial charge is 0.299 e. The number of rotatable bonds is 3. The highest BCUT2D eigenvalue weighted by Gasteiger charge is 2.40. The molecule has 26 heavy (non-hydrogen) atoms. The number of likely N-dealkylation sites (tertiary alicyclic amines) is 1. The molecule has 3 atom stereocenters. The van der Waals surface area contributed by atoms with Crippen LogP contribution in [0.25, 0.3) is 10.8 Å². The lowest BCUT2D eigenvalue weighted by Crippen LogP contribution is -2.45. The van der Waals surface area contributed by atoms with Gasteiger partial charge in [0.2, 0.25) is 0 Å². The summed E-state index contributed by atoms with van der Waals surface area (Å²) in [6.07, 6.45) is 5.01. The van der Waals surface area contributed by atoms with Crippen LogP contribution in [-0.4, -0.2) is 29.0 Å². The number of nitrogens with zero attached hydrogens (tertiary/aromatic N) is 2. The molecule has 3 unspecified atom stereocenters. The molecule has 0 amide bonds. The van der Waals surface area contributed by atoms with E-state index in [1.807, 2.05) is 18.5 Å². The number of nitrogens with one attached hydrogen (secondary N) is 2. The van der Waals surface area contributed by atoms with Crippen molar-refractivity contribution in [3.05, 3.63) is 78.1 Å². The summed E-state index contributed by atoms with van der Waals surface area (Å²) >= 11 is 0. The first kappa shape index (κ1) is 15.9. The van der Waals surface area contributed by atoms with E-state index in [1.54, 1.807) is 0 Å². The number of pyridine rings is 1. The molecule has 0 spiro atoms. The molecule has 2 N–H and O–H groups in total. The molecule has 5 rings (SSSR count). The number of fused-ring (bicyclic) bond motifs is 2. The van der Waals surface area contributed by atoms with Crippen LogP contribution < -0.4 is 10.9 Å². The second-order valence-electron chi connectivity index (χ2n) is 7.49. The Hall–Kier alpha value is -2.27. The summed E-state index contributed by atoms with van der Waals surface area (Å²) in [7, 11) is 0. The van der Waals surface area contributed by atoms with Gasteiger partial charge in [-0.3, -0.25) is 15.3 Å². The highest BCUT2D eigenvalue weighted by atomic mass is 15.4. The lowest BCUT2D eigenvalue weighted by molar-refractivity contribution is 0.148. The Morgan fingerprint density at radius 3 is 2.85 bits per heavy atom. The SMILES string of the molecule is c1cncc(CN2CCC3NNC(c4cccc5ccccc45)C3C2)c1. The number of aromatic nitrogens is 1. The molecule has 0 radical (unpaired) electrons. The first-order valence-corrected chi connectivity index (χ1v) is 9.48. The molecule has 3 heterocycles. The Balaban J connectivity index is 1.41. The Morgan fingerprint density at radius 1 is 1.00 bits per heavy atom. The second kappa shape index (κ2) is 6.80. The molecule has 3 aromatic rings. The van der Waals surface area contributed by atoms with Gasteiger partial charge >= 0.3 is 0 Å². The zero-order valence-corrected chi connectivity index (χ0v) is 14.8. The minimum atomic E-state index is 0.350. The lowest BCUT2D eigenvalue weighted by Gasteiger charge is -2.36. The Bertz CT molecular complexity index is 890. The normalized spacial score (nSPS) is 26.1. The van der Waals surface area contributed by atoms with E-state index >= 15 is 0 Å². The molecular weight excluding hydrogens is 320 g/mol. The number of hydrazine groups is 1. The fourth-order valence-electron chi connectivity index (χ4n) is 4.60. The highest BCUT2D eigenvalue weighted by molar-refractivity contribution is 5.86. The average Bonchev–Trinajstić information content (AvgIpc) is 3.11. The quantitative estimate of drug-likeness (QED) is 0.765. The van der Waals surface area contributed by atoms with Crippen molar-refractivity contribution in [3.63, 3.8) is 0 Å². The zero-order valence-electron chi connectivity index (χ0n) is 14.8. The molecule has 4 heteroatoms. The van der Waals surface area contributed by atoms with Crippen LogP contribution in [0.4, 0.5) is 0 Å². The summed E-state index contributed by atoms with van der Waals surface area (Å²) in [4.78, 5) is 6.84. The van der Waals surface area contributed by atoms with Crippen molar-refractivity contribution in [3.8, 4) is 0 Å². The molecule has 1 aromatic heterocycles. The van der Waals surface area contributed by atoms with E-state index in [4.69, 9.17) is 0 Å². The van der Waals surface area contributed by atoms with Crippen LogP contribution in [0.1, 0.15) is 23.6 Å². The van der Waals surface area contributed by atoms with Gasteiger partial charge in [0, 0.05) is 44.0 Å². The van der Waals surface area contributed by atoms with E-state index in [-0.39, 0.29) is 0 Å². The van der Waals surface area contributed by atoms with Gasteiger partial charge in [0.1, 0.15) is 0 Å². The van der Waals surface area contributed by atoms with Gasteiger partial charge in [-0.25, -0.2) is 5.43 Å². The molecular formula is C22H24N4. The zero-order chi connectivity index (χ0) is 17.3. The van der Waals surface area contributed by atoms with Crippen LogP contribution in [0, 0.1) is 5.92 Å². The van der Waals surface area contributed by atoms with E-state index < -0.39 is 0 Å². The fraction of sp³-hybridized carbons (Fsp3) is 0.318. The molecule has 132 valence electrons. The molecule has 0 saturated carbocycles. The summed E-state index contributed by atoms with van der Waals surface area (Å²) in [6.45, 7) is 3.22. The third kappa shape index (κ3) is 2.90. The molecule has 2 aliphatic heterocycles. The van der Waals surface area contributed by atoms with Crippen molar-refractivity contribution in [1.29, 1.82) is 0 Å². The van der Waals surface area contributed by atoms with Crippen LogP contribution in [0.2, 0.25) is 0 Å². The maximum atomic E-state index is 4.26. The van der Waals surface area contributed by atoms with Gasteiger partial charge in [0.15, 0.2) is 0 Å². The van der Waals surface area contributed by atoms with E-state index in [2.05, 4.69) is 69.3 Å². The van der Waals surface area contributed by atoms with Crippen LogP contribution in [0.5, 0.6) is 0 Å². The van der Waals surface area contributed by atoms with Crippen molar-refractivity contribution >= 4 is 10.8 Å². The van der Waals surface area contributed by atoms with E-state index in [1.165, 1.54) is 28.3 Å². The summed E-state index contributed by atoms with van der Waals surface area (Å²) in [6, 6.07) is 20.5. The van der Waals surface area contributed by atoms with Crippen molar-refractivity contribution in [2.24, 2.45) is 5.92 Å². The van der Waals surface area contributed by atoms with Gasteiger partial charge in [-0.1, -0.05) is 48.5 Å². The summed E-state index contributed by atoms with van der Waals surface area (Å²) < 4.78 is 0. The minimum Gasteiger partial charge on any atom is -0.299 e. The molecule has 2 fully saturated rings. The Kier molecular flexibility index (Phi) is 4.17. The highest BCUT2D eigenvalue weighted by Crippen LogP contribution is 2.36. The molecule has 2 aromatic carbocycles. The molecule has 2 saturated heterocycles. The van der Waals surface area contributed by atoms with Crippen LogP contribution in [-0.2, 0) is 6.54 Å². The summed E-state index contributed by atoms with van der Waals surface area (Å²) in [5.74, 6) is 0.575. The number of hydrogen-bond acceptors (Lipinski definition) is 4. The van der Waals surface area contributed by atoms with Crippen LogP contribution >= 0.6 is 0 Å². The summed E-state index contributed by atoms with van der Waals surface area (Å²) in [5, 5.41) is 2.68. The third-order valence-corrected chi connectivity index (χ3v) is 5.88. The standard InChI is InChI=1S/C22H24N4/c1-2-8-18-17(6-1)7-3-9-19(18)22-20-15-26(12-10-21(20)24-25-22)14-16-5-4-11-23-13-16/h1-9,11,13,20-22,24-25H,10,12,14-15H2.